The fourth-order valence-corrected chi connectivity index (χ4v) is 1.70. The second-order valence-electron chi connectivity index (χ2n) is 4.33. The van der Waals surface area contributed by atoms with Gasteiger partial charge in [-0.15, -0.1) is 24.0 Å². The van der Waals surface area contributed by atoms with Gasteiger partial charge in [0.15, 0.2) is 17.5 Å². The molecule has 21 heavy (non-hydrogen) atoms. The van der Waals surface area contributed by atoms with Gasteiger partial charge in [0, 0.05) is 13.1 Å². The molecule has 1 rings (SSSR count). The minimum atomic E-state index is -0.0291. The van der Waals surface area contributed by atoms with Crippen molar-refractivity contribution in [2.24, 2.45) is 4.99 Å². The van der Waals surface area contributed by atoms with Gasteiger partial charge in [0.2, 0.25) is 0 Å². The van der Waals surface area contributed by atoms with E-state index >= 15 is 0 Å². The molecule has 1 aromatic carbocycles. The third-order valence-electron chi connectivity index (χ3n) is 2.59. The van der Waals surface area contributed by atoms with Gasteiger partial charge in [-0.25, -0.2) is 4.99 Å². The first-order valence-electron chi connectivity index (χ1n) is 7.03. The van der Waals surface area contributed by atoms with Crippen LogP contribution in [0.1, 0.15) is 20.8 Å². The van der Waals surface area contributed by atoms with E-state index in [1.807, 2.05) is 45.0 Å². The maximum absolute atomic E-state index is 5.86. The first kappa shape index (κ1) is 19.8. The molecule has 0 aromatic heterocycles. The van der Waals surface area contributed by atoms with Crippen LogP contribution in [0.4, 0.5) is 0 Å². The van der Waals surface area contributed by atoms with Crippen molar-refractivity contribution in [2.45, 2.75) is 26.9 Å². The number of para-hydroxylation sites is 2. The number of halogens is 1. The van der Waals surface area contributed by atoms with Crippen LogP contribution in [0.3, 0.4) is 0 Å². The summed E-state index contributed by atoms with van der Waals surface area (Å²) in [5.74, 6) is 2.29. The second-order valence-corrected chi connectivity index (χ2v) is 4.33. The number of methoxy groups -OCH3 is 1. The van der Waals surface area contributed by atoms with Gasteiger partial charge in [-0.05, 0) is 32.9 Å². The molecule has 0 amide bonds. The van der Waals surface area contributed by atoms with Crippen molar-refractivity contribution in [1.29, 1.82) is 0 Å². The monoisotopic (exact) mass is 407 g/mol. The average Bonchev–Trinajstić information content (AvgIpc) is 2.46. The summed E-state index contributed by atoms with van der Waals surface area (Å²) < 4.78 is 11.1. The zero-order valence-electron chi connectivity index (χ0n) is 13.2. The molecule has 0 saturated heterocycles. The number of ether oxygens (including phenoxy) is 2. The van der Waals surface area contributed by atoms with Crippen LogP contribution in [0.5, 0.6) is 11.5 Å². The molecule has 0 heterocycles. The SMILES string of the molecule is CCNC(=NCC(C)Oc1ccccc1OC)NCC.I. The average molecular weight is 407 g/mol. The normalized spacial score (nSPS) is 10.9. The molecule has 1 atom stereocenters. The molecular weight excluding hydrogens is 381 g/mol. The van der Waals surface area contributed by atoms with Gasteiger partial charge in [0.25, 0.3) is 0 Å². The molecule has 0 fully saturated rings. The van der Waals surface area contributed by atoms with E-state index < -0.39 is 0 Å². The molecule has 0 spiro atoms. The van der Waals surface area contributed by atoms with Crippen LogP contribution >= 0.6 is 24.0 Å². The summed E-state index contributed by atoms with van der Waals surface area (Å²) in [6.45, 7) is 8.34. The number of benzene rings is 1. The number of aliphatic imine (C=N–C) groups is 1. The predicted octanol–water partition coefficient (Wildman–Crippen LogP) is 2.66. The molecule has 0 radical (unpaired) electrons. The van der Waals surface area contributed by atoms with Crippen LogP contribution in [-0.4, -0.2) is 38.8 Å². The van der Waals surface area contributed by atoms with Crippen molar-refractivity contribution in [3.63, 3.8) is 0 Å². The van der Waals surface area contributed by atoms with Gasteiger partial charge < -0.3 is 20.1 Å². The van der Waals surface area contributed by atoms with Crippen molar-refractivity contribution in [3.8, 4) is 11.5 Å². The minimum Gasteiger partial charge on any atom is -0.493 e. The lowest BCUT2D eigenvalue weighted by Gasteiger charge is -2.16. The lowest BCUT2D eigenvalue weighted by Crippen LogP contribution is -2.37. The largest absolute Gasteiger partial charge is 0.493 e. The standard InChI is InChI=1S/C15H25N3O2.HI/c1-5-16-15(17-6-2)18-11-12(3)20-14-10-8-7-9-13(14)19-4;/h7-10,12H,5-6,11H2,1-4H3,(H2,16,17,18);1H. The summed E-state index contributed by atoms with van der Waals surface area (Å²) >= 11 is 0. The molecule has 0 bridgehead atoms. The van der Waals surface area contributed by atoms with E-state index in [9.17, 15) is 0 Å². The first-order chi connectivity index (χ1) is 9.71. The molecule has 1 aromatic rings. The Hall–Kier alpha value is -1.18. The van der Waals surface area contributed by atoms with E-state index in [4.69, 9.17) is 9.47 Å². The van der Waals surface area contributed by atoms with Crippen LogP contribution < -0.4 is 20.1 Å². The molecule has 0 aliphatic carbocycles. The van der Waals surface area contributed by atoms with Gasteiger partial charge in [0.05, 0.1) is 13.7 Å². The molecule has 0 saturated carbocycles. The highest BCUT2D eigenvalue weighted by Crippen LogP contribution is 2.26. The van der Waals surface area contributed by atoms with Gasteiger partial charge >= 0.3 is 0 Å². The van der Waals surface area contributed by atoms with Gasteiger partial charge in [-0.3, -0.25) is 0 Å². The number of hydrogen-bond acceptors (Lipinski definition) is 3. The van der Waals surface area contributed by atoms with Crippen molar-refractivity contribution in [3.05, 3.63) is 24.3 Å². The number of nitrogens with one attached hydrogen (secondary N) is 2. The van der Waals surface area contributed by atoms with E-state index in [2.05, 4.69) is 15.6 Å². The molecule has 6 heteroatoms. The van der Waals surface area contributed by atoms with Crippen LogP contribution in [0, 0.1) is 0 Å². The Balaban J connectivity index is 0.00000400. The van der Waals surface area contributed by atoms with Crippen LogP contribution in [0.2, 0.25) is 0 Å². The molecule has 2 N–H and O–H groups in total. The van der Waals surface area contributed by atoms with Crippen LogP contribution in [-0.2, 0) is 0 Å². The van der Waals surface area contributed by atoms with E-state index in [1.165, 1.54) is 0 Å². The Morgan fingerprint density at radius 3 is 2.24 bits per heavy atom. The van der Waals surface area contributed by atoms with E-state index in [0.717, 1.165) is 30.5 Å². The third kappa shape index (κ3) is 7.40. The summed E-state index contributed by atoms with van der Waals surface area (Å²) in [6, 6.07) is 7.63. The Kier molecular flexibility index (Phi) is 10.8. The summed E-state index contributed by atoms with van der Waals surface area (Å²) in [5, 5.41) is 6.37. The molecule has 1 unspecified atom stereocenters. The fraction of sp³-hybridized carbons (Fsp3) is 0.533. The number of hydrogen-bond donors (Lipinski definition) is 2. The zero-order valence-corrected chi connectivity index (χ0v) is 15.5. The van der Waals surface area contributed by atoms with E-state index in [1.54, 1.807) is 7.11 Å². The van der Waals surface area contributed by atoms with Crippen molar-refractivity contribution in [2.75, 3.05) is 26.7 Å². The summed E-state index contributed by atoms with van der Waals surface area (Å²) in [4.78, 5) is 4.48. The molecule has 120 valence electrons. The molecular formula is C15H26IN3O2. The smallest absolute Gasteiger partial charge is 0.191 e. The Labute approximate surface area is 144 Å². The first-order valence-corrected chi connectivity index (χ1v) is 7.03. The van der Waals surface area contributed by atoms with Crippen molar-refractivity contribution < 1.29 is 9.47 Å². The van der Waals surface area contributed by atoms with Crippen LogP contribution in [0.15, 0.2) is 29.3 Å². The van der Waals surface area contributed by atoms with Crippen LogP contribution in [0.25, 0.3) is 0 Å². The molecule has 0 aliphatic heterocycles. The zero-order chi connectivity index (χ0) is 14.8. The lowest BCUT2D eigenvalue weighted by atomic mass is 10.3. The Morgan fingerprint density at radius 1 is 1.14 bits per heavy atom. The number of nitrogens with zero attached hydrogens (tertiary/aromatic N) is 1. The summed E-state index contributed by atoms with van der Waals surface area (Å²) in [7, 11) is 1.64. The van der Waals surface area contributed by atoms with Crippen molar-refractivity contribution in [1.82, 2.24) is 10.6 Å². The lowest BCUT2D eigenvalue weighted by molar-refractivity contribution is 0.219. The van der Waals surface area contributed by atoms with E-state index in [0.29, 0.717) is 6.54 Å². The highest BCUT2D eigenvalue weighted by molar-refractivity contribution is 14.0. The van der Waals surface area contributed by atoms with Crippen molar-refractivity contribution >= 4 is 29.9 Å². The number of guanidine groups is 1. The fourth-order valence-electron chi connectivity index (χ4n) is 1.70. The predicted molar refractivity (Wildman–Crippen MR) is 98.2 cm³/mol. The highest BCUT2D eigenvalue weighted by Gasteiger charge is 2.08. The second kappa shape index (κ2) is 11.5. The maximum Gasteiger partial charge on any atom is 0.191 e. The summed E-state index contributed by atoms with van der Waals surface area (Å²) in [6.07, 6.45) is -0.0291. The highest BCUT2D eigenvalue weighted by atomic mass is 127. The number of rotatable bonds is 7. The molecule has 5 nitrogen and oxygen atoms in total. The quantitative estimate of drug-likeness (QED) is 0.415. The topological polar surface area (TPSA) is 54.9 Å². The van der Waals surface area contributed by atoms with Gasteiger partial charge in [-0.2, -0.15) is 0 Å². The Bertz CT molecular complexity index is 419. The third-order valence-corrected chi connectivity index (χ3v) is 2.59. The van der Waals surface area contributed by atoms with Gasteiger partial charge in [0.1, 0.15) is 6.10 Å². The molecule has 0 aliphatic rings. The minimum absolute atomic E-state index is 0. The van der Waals surface area contributed by atoms with E-state index in [-0.39, 0.29) is 30.1 Å². The van der Waals surface area contributed by atoms with Gasteiger partial charge in [-0.1, -0.05) is 12.1 Å². The Morgan fingerprint density at radius 2 is 1.71 bits per heavy atom. The maximum atomic E-state index is 5.86. The summed E-state index contributed by atoms with van der Waals surface area (Å²) in [5.41, 5.74) is 0.